The number of carbonyl (C=O) groups is 1. The summed E-state index contributed by atoms with van der Waals surface area (Å²) in [4.78, 5) is 13.5. The SMILES string of the molecule is Cn1cc(CCN2CCCC2c2ccc(C=CC(=O)NO)cc2)nn1. The molecule has 0 aliphatic carbocycles. The number of hydrogen-bond acceptors (Lipinski definition) is 5. The number of aromatic nitrogens is 3. The number of rotatable bonds is 6. The van der Waals surface area contributed by atoms with Crippen LogP contribution < -0.4 is 5.48 Å². The number of benzene rings is 1. The Morgan fingerprint density at radius 1 is 1.40 bits per heavy atom. The Labute approximate surface area is 146 Å². The van der Waals surface area contributed by atoms with E-state index in [-0.39, 0.29) is 0 Å². The zero-order chi connectivity index (χ0) is 17.6. The van der Waals surface area contributed by atoms with Crippen LogP contribution in [-0.4, -0.2) is 44.1 Å². The van der Waals surface area contributed by atoms with Crippen molar-refractivity contribution in [2.24, 2.45) is 7.05 Å². The van der Waals surface area contributed by atoms with Crippen molar-refractivity contribution in [3.8, 4) is 0 Å². The van der Waals surface area contributed by atoms with Gasteiger partial charge in [0.25, 0.3) is 5.91 Å². The van der Waals surface area contributed by atoms with Gasteiger partial charge in [-0.1, -0.05) is 29.5 Å². The Bertz CT molecular complexity index is 738. The van der Waals surface area contributed by atoms with Gasteiger partial charge in [-0.2, -0.15) is 0 Å². The summed E-state index contributed by atoms with van der Waals surface area (Å²) in [6.07, 6.45) is 8.20. The topological polar surface area (TPSA) is 83.3 Å². The molecule has 0 saturated carbocycles. The Morgan fingerprint density at radius 3 is 2.88 bits per heavy atom. The molecule has 0 radical (unpaired) electrons. The third-order valence-corrected chi connectivity index (χ3v) is 4.53. The highest BCUT2D eigenvalue weighted by Gasteiger charge is 2.25. The molecule has 1 unspecified atom stereocenters. The maximum absolute atomic E-state index is 11.0. The van der Waals surface area contributed by atoms with Crippen molar-refractivity contribution < 1.29 is 10.0 Å². The lowest BCUT2D eigenvalue weighted by atomic mass is 10.0. The van der Waals surface area contributed by atoms with E-state index in [4.69, 9.17) is 5.21 Å². The van der Waals surface area contributed by atoms with Crippen LogP contribution in [0.1, 0.15) is 35.7 Å². The quantitative estimate of drug-likeness (QED) is 0.475. The van der Waals surface area contributed by atoms with Gasteiger partial charge in [-0.15, -0.1) is 5.10 Å². The number of likely N-dealkylation sites (tertiary alicyclic amines) is 1. The number of amides is 1. The first-order valence-electron chi connectivity index (χ1n) is 8.47. The molecule has 1 amide bonds. The van der Waals surface area contributed by atoms with Crippen molar-refractivity contribution in [2.45, 2.75) is 25.3 Å². The minimum Gasteiger partial charge on any atom is -0.296 e. The van der Waals surface area contributed by atoms with E-state index < -0.39 is 5.91 Å². The highest BCUT2D eigenvalue weighted by Crippen LogP contribution is 2.32. The second kappa shape index (κ2) is 8.04. The molecular formula is C18H23N5O2. The first-order valence-corrected chi connectivity index (χ1v) is 8.47. The highest BCUT2D eigenvalue weighted by molar-refractivity contribution is 5.90. The molecule has 1 atom stereocenters. The van der Waals surface area contributed by atoms with E-state index in [0.29, 0.717) is 6.04 Å². The molecule has 132 valence electrons. The Kier molecular flexibility index (Phi) is 5.57. The van der Waals surface area contributed by atoms with Gasteiger partial charge in [0.1, 0.15) is 0 Å². The molecule has 1 saturated heterocycles. The average Bonchev–Trinajstić information content (AvgIpc) is 3.27. The lowest BCUT2D eigenvalue weighted by molar-refractivity contribution is -0.124. The van der Waals surface area contributed by atoms with E-state index in [2.05, 4.69) is 27.3 Å². The van der Waals surface area contributed by atoms with Crippen molar-refractivity contribution in [2.75, 3.05) is 13.1 Å². The van der Waals surface area contributed by atoms with E-state index in [9.17, 15) is 4.79 Å². The molecule has 1 fully saturated rings. The monoisotopic (exact) mass is 341 g/mol. The van der Waals surface area contributed by atoms with Crippen LogP contribution in [0.3, 0.4) is 0 Å². The lowest BCUT2D eigenvalue weighted by Crippen LogP contribution is -2.25. The normalized spacial score (nSPS) is 18.1. The largest absolute Gasteiger partial charge is 0.296 e. The number of hydrogen-bond donors (Lipinski definition) is 2. The first kappa shape index (κ1) is 17.3. The fourth-order valence-electron chi connectivity index (χ4n) is 3.28. The van der Waals surface area contributed by atoms with Crippen LogP contribution in [0.25, 0.3) is 6.08 Å². The van der Waals surface area contributed by atoms with Gasteiger partial charge in [0.15, 0.2) is 0 Å². The van der Waals surface area contributed by atoms with Gasteiger partial charge < -0.3 is 0 Å². The van der Waals surface area contributed by atoms with E-state index in [1.807, 2.05) is 25.4 Å². The van der Waals surface area contributed by atoms with Crippen molar-refractivity contribution in [1.82, 2.24) is 25.4 Å². The third kappa shape index (κ3) is 4.52. The van der Waals surface area contributed by atoms with Crippen LogP contribution in [0.5, 0.6) is 0 Å². The molecule has 2 N–H and O–H groups in total. The molecule has 3 rings (SSSR count). The number of aryl methyl sites for hydroxylation is 1. The zero-order valence-electron chi connectivity index (χ0n) is 14.3. The summed E-state index contributed by atoms with van der Waals surface area (Å²) in [5, 5.41) is 16.6. The first-order chi connectivity index (χ1) is 12.2. The molecule has 0 bridgehead atoms. The van der Waals surface area contributed by atoms with Gasteiger partial charge in [-0.05, 0) is 36.6 Å². The maximum Gasteiger partial charge on any atom is 0.267 e. The predicted molar refractivity (Wildman–Crippen MR) is 93.7 cm³/mol. The molecule has 7 heteroatoms. The highest BCUT2D eigenvalue weighted by atomic mass is 16.5. The summed E-state index contributed by atoms with van der Waals surface area (Å²) < 4.78 is 1.74. The van der Waals surface area contributed by atoms with Crippen LogP contribution in [0, 0.1) is 0 Å². The van der Waals surface area contributed by atoms with Crippen LogP contribution in [0.2, 0.25) is 0 Å². The summed E-state index contributed by atoms with van der Waals surface area (Å²) in [5.41, 5.74) is 4.83. The number of hydroxylamine groups is 1. The Hall–Kier alpha value is -2.51. The molecule has 0 spiro atoms. The predicted octanol–water partition coefficient (Wildman–Crippen LogP) is 1.71. The fourth-order valence-corrected chi connectivity index (χ4v) is 3.28. The third-order valence-electron chi connectivity index (χ3n) is 4.53. The second-order valence-electron chi connectivity index (χ2n) is 6.30. The smallest absolute Gasteiger partial charge is 0.267 e. The number of nitrogens with one attached hydrogen (secondary N) is 1. The molecule has 25 heavy (non-hydrogen) atoms. The van der Waals surface area contributed by atoms with Crippen LogP contribution in [0.4, 0.5) is 0 Å². The van der Waals surface area contributed by atoms with E-state index in [1.165, 1.54) is 18.1 Å². The van der Waals surface area contributed by atoms with Crippen LogP contribution >= 0.6 is 0 Å². The summed E-state index contributed by atoms with van der Waals surface area (Å²) in [6.45, 7) is 2.07. The molecule has 7 nitrogen and oxygen atoms in total. The average molecular weight is 341 g/mol. The van der Waals surface area contributed by atoms with Crippen molar-refractivity contribution in [3.05, 3.63) is 53.4 Å². The number of carbonyl (C=O) groups excluding carboxylic acids is 1. The fraction of sp³-hybridized carbons (Fsp3) is 0.389. The summed E-state index contributed by atoms with van der Waals surface area (Å²) in [5.74, 6) is -0.532. The molecule has 1 aliphatic heterocycles. The zero-order valence-corrected chi connectivity index (χ0v) is 14.3. The summed E-state index contributed by atoms with van der Waals surface area (Å²) in [6, 6.07) is 8.64. The molecular weight excluding hydrogens is 318 g/mol. The van der Waals surface area contributed by atoms with Gasteiger partial charge in [0, 0.05) is 38.3 Å². The molecule has 1 aromatic heterocycles. The summed E-state index contributed by atoms with van der Waals surface area (Å²) >= 11 is 0. The standard InChI is InChI=1S/C18H23N5O2/c1-22-13-16(19-21-22)10-12-23-11-2-3-17(23)15-7-4-14(5-8-15)6-9-18(24)20-25/h4-9,13,17,25H,2-3,10-12H2,1H3,(H,20,24). The van der Waals surface area contributed by atoms with Gasteiger partial charge >= 0.3 is 0 Å². The number of nitrogens with zero attached hydrogens (tertiary/aromatic N) is 4. The van der Waals surface area contributed by atoms with E-state index in [0.717, 1.165) is 37.2 Å². The molecule has 1 aliphatic rings. The second-order valence-corrected chi connectivity index (χ2v) is 6.30. The lowest BCUT2D eigenvalue weighted by Gasteiger charge is -2.24. The maximum atomic E-state index is 11.0. The van der Waals surface area contributed by atoms with Crippen LogP contribution in [0.15, 0.2) is 36.5 Å². The molecule has 1 aromatic carbocycles. The van der Waals surface area contributed by atoms with Crippen molar-refractivity contribution in [1.29, 1.82) is 0 Å². The minimum atomic E-state index is -0.532. The van der Waals surface area contributed by atoms with E-state index >= 15 is 0 Å². The van der Waals surface area contributed by atoms with Gasteiger partial charge in [-0.25, -0.2) is 5.48 Å². The Balaban J connectivity index is 1.61. The van der Waals surface area contributed by atoms with Gasteiger partial charge in [0.2, 0.25) is 0 Å². The molecule has 2 heterocycles. The Morgan fingerprint density at radius 2 is 2.20 bits per heavy atom. The van der Waals surface area contributed by atoms with Gasteiger partial charge in [-0.3, -0.25) is 19.6 Å². The minimum absolute atomic E-state index is 0.426. The van der Waals surface area contributed by atoms with E-state index in [1.54, 1.807) is 16.2 Å². The van der Waals surface area contributed by atoms with Crippen molar-refractivity contribution in [3.63, 3.8) is 0 Å². The van der Waals surface area contributed by atoms with Crippen molar-refractivity contribution >= 4 is 12.0 Å². The van der Waals surface area contributed by atoms with Gasteiger partial charge in [0.05, 0.1) is 5.69 Å². The van der Waals surface area contributed by atoms with Crippen LogP contribution in [-0.2, 0) is 18.3 Å². The molecule has 2 aromatic rings. The summed E-state index contributed by atoms with van der Waals surface area (Å²) in [7, 11) is 1.88.